The molecule has 0 spiro atoms. The Morgan fingerprint density at radius 3 is 2.76 bits per heavy atom. The van der Waals surface area contributed by atoms with E-state index >= 15 is 0 Å². The molecule has 0 radical (unpaired) electrons. The van der Waals surface area contributed by atoms with E-state index in [0.29, 0.717) is 18.7 Å². The third-order valence-electron chi connectivity index (χ3n) is 2.12. The molecule has 7 heteroatoms. The van der Waals surface area contributed by atoms with Crippen LogP contribution in [0.2, 0.25) is 4.34 Å². The molecule has 0 bridgehead atoms. The Morgan fingerprint density at radius 2 is 2.24 bits per heavy atom. The first-order chi connectivity index (χ1) is 7.99. The van der Waals surface area contributed by atoms with E-state index in [-0.39, 0.29) is 11.5 Å². The molecule has 4 nitrogen and oxygen atoms in total. The van der Waals surface area contributed by atoms with Gasteiger partial charge >= 0.3 is 0 Å². The van der Waals surface area contributed by atoms with Gasteiger partial charge in [-0.15, -0.1) is 0 Å². The quantitative estimate of drug-likeness (QED) is 0.812. The van der Waals surface area contributed by atoms with Crippen molar-refractivity contribution in [3.8, 4) is 10.8 Å². The predicted molar refractivity (Wildman–Crippen MR) is 77.8 cm³/mol. The molecular weight excluding hydrogens is 373 g/mol. The van der Waals surface area contributed by atoms with E-state index in [1.165, 1.54) is 11.3 Å². The molecule has 2 aromatic rings. The smallest absolute Gasteiger partial charge is 0.264 e. The maximum atomic E-state index is 11.8. The fourth-order valence-corrected chi connectivity index (χ4v) is 3.06. The number of rotatable bonds is 2. The summed E-state index contributed by atoms with van der Waals surface area (Å²) < 4.78 is 1.20. The molecule has 0 saturated carbocycles. The topological polar surface area (TPSA) is 58.6 Å². The van der Waals surface area contributed by atoms with Crippen LogP contribution in [0, 0.1) is 3.57 Å². The molecule has 1 N–H and O–H groups in total. The van der Waals surface area contributed by atoms with Crippen molar-refractivity contribution in [3.05, 3.63) is 30.2 Å². The van der Waals surface area contributed by atoms with E-state index in [4.69, 9.17) is 11.6 Å². The summed E-state index contributed by atoms with van der Waals surface area (Å²) >= 11 is 9.13. The van der Waals surface area contributed by atoms with Gasteiger partial charge in [0.05, 0.1) is 15.5 Å². The average molecular weight is 382 g/mol. The summed E-state index contributed by atoms with van der Waals surface area (Å²) in [5, 5.41) is 0.630. The van der Waals surface area contributed by atoms with Crippen molar-refractivity contribution in [1.29, 1.82) is 0 Å². The van der Waals surface area contributed by atoms with Crippen molar-refractivity contribution in [2.75, 3.05) is 0 Å². The van der Waals surface area contributed by atoms with Crippen molar-refractivity contribution < 1.29 is 0 Å². The summed E-state index contributed by atoms with van der Waals surface area (Å²) in [6.45, 7) is 4.01. The van der Waals surface area contributed by atoms with Gasteiger partial charge in [0.1, 0.15) is 4.34 Å². The van der Waals surface area contributed by atoms with Crippen LogP contribution in [0.3, 0.4) is 0 Å². The highest BCUT2D eigenvalue weighted by atomic mass is 127. The second kappa shape index (κ2) is 5.03. The first-order valence-electron chi connectivity index (χ1n) is 4.90. The van der Waals surface area contributed by atoms with Crippen molar-refractivity contribution in [2.24, 2.45) is 0 Å². The second-order valence-electron chi connectivity index (χ2n) is 3.74. The lowest BCUT2D eigenvalue weighted by Crippen LogP contribution is -2.17. The van der Waals surface area contributed by atoms with Crippen LogP contribution in [0.15, 0.2) is 11.0 Å². The Hall–Kier alpha value is -0.470. The van der Waals surface area contributed by atoms with Crippen LogP contribution < -0.4 is 5.56 Å². The lowest BCUT2D eigenvalue weighted by atomic mass is 10.1. The third-order valence-corrected chi connectivity index (χ3v) is 4.28. The Morgan fingerprint density at radius 1 is 1.53 bits per heavy atom. The van der Waals surface area contributed by atoms with Crippen LogP contribution in [-0.4, -0.2) is 15.0 Å². The van der Waals surface area contributed by atoms with E-state index in [1.54, 1.807) is 6.20 Å². The molecule has 0 saturated heterocycles. The SMILES string of the molecule is CC(C)c1nc(-c2ncc(Cl)s2)[nH]c(=O)c1I. The first kappa shape index (κ1) is 13.0. The summed E-state index contributed by atoms with van der Waals surface area (Å²) in [7, 11) is 0. The largest absolute Gasteiger partial charge is 0.304 e. The zero-order valence-electron chi connectivity index (χ0n) is 9.12. The van der Waals surface area contributed by atoms with Gasteiger partial charge in [0.15, 0.2) is 10.8 Å². The predicted octanol–water partition coefficient (Wildman–Crippen LogP) is 3.27. The molecule has 0 aliphatic heterocycles. The fraction of sp³-hybridized carbons (Fsp3) is 0.300. The number of halogens is 2. The van der Waals surface area contributed by atoms with Crippen molar-refractivity contribution in [1.82, 2.24) is 15.0 Å². The molecule has 2 rings (SSSR count). The molecule has 2 aromatic heterocycles. The molecule has 0 aliphatic rings. The minimum Gasteiger partial charge on any atom is -0.304 e. The van der Waals surface area contributed by atoms with Gasteiger partial charge in [-0.1, -0.05) is 36.8 Å². The van der Waals surface area contributed by atoms with Crippen LogP contribution in [0.5, 0.6) is 0 Å². The minimum atomic E-state index is -0.134. The number of aromatic nitrogens is 3. The molecule has 0 amide bonds. The first-order valence-corrected chi connectivity index (χ1v) is 7.17. The number of H-pyrrole nitrogens is 1. The highest BCUT2D eigenvalue weighted by molar-refractivity contribution is 14.1. The Labute approximate surface area is 121 Å². The van der Waals surface area contributed by atoms with Gasteiger partial charge in [-0.05, 0) is 28.5 Å². The molecule has 17 heavy (non-hydrogen) atoms. The summed E-state index contributed by atoms with van der Waals surface area (Å²) in [4.78, 5) is 23.1. The lowest BCUT2D eigenvalue weighted by Gasteiger charge is -2.07. The van der Waals surface area contributed by atoms with Crippen LogP contribution in [0.25, 0.3) is 10.8 Å². The lowest BCUT2D eigenvalue weighted by molar-refractivity contribution is 0.802. The summed E-state index contributed by atoms with van der Waals surface area (Å²) in [5.41, 5.74) is 0.654. The summed E-state index contributed by atoms with van der Waals surface area (Å²) in [6, 6.07) is 0. The van der Waals surface area contributed by atoms with Crippen LogP contribution in [0.1, 0.15) is 25.5 Å². The van der Waals surface area contributed by atoms with Crippen LogP contribution >= 0.6 is 45.5 Å². The zero-order chi connectivity index (χ0) is 12.6. The van der Waals surface area contributed by atoms with Crippen LogP contribution in [0.4, 0.5) is 0 Å². The third kappa shape index (κ3) is 2.69. The molecule has 0 aromatic carbocycles. The number of thiazole rings is 1. The highest BCUT2D eigenvalue weighted by Crippen LogP contribution is 2.26. The van der Waals surface area contributed by atoms with Gasteiger partial charge in [-0.3, -0.25) is 4.79 Å². The van der Waals surface area contributed by atoms with E-state index in [2.05, 4.69) is 15.0 Å². The average Bonchev–Trinajstić information content (AvgIpc) is 2.68. The molecule has 0 aliphatic carbocycles. The maximum absolute atomic E-state index is 11.8. The second-order valence-corrected chi connectivity index (χ2v) is 6.48. The monoisotopic (exact) mass is 381 g/mol. The van der Waals surface area contributed by atoms with E-state index in [0.717, 1.165) is 5.69 Å². The Balaban J connectivity index is 2.61. The van der Waals surface area contributed by atoms with E-state index < -0.39 is 0 Å². The van der Waals surface area contributed by atoms with Gasteiger partial charge in [0, 0.05) is 0 Å². The standard InChI is InChI=1S/C10H9ClIN3OS/c1-4(2)7-6(12)9(16)15-8(14-7)10-13-3-5(11)17-10/h3-4H,1-2H3,(H,14,15,16). The molecule has 2 heterocycles. The van der Waals surface area contributed by atoms with Gasteiger partial charge in [-0.2, -0.15) is 0 Å². The number of nitrogens with one attached hydrogen (secondary N) is 1. The number of nitrogens with zero attached hydrogens (tertiary/aromatic N) is 2. The minimum absolute atomic E-state index is 0.134. The van der Waals surface area contributed by atoms with Gasteiger partial charge in [0.2, 0.25) is 0 Å². The summed E-state index contributed by atoms with van der Waals surface area (Å²) in [6.07, 6.45) is 1.55. The Kier molecular flexibility index (Phi) is 3.84. The molecule has 0 fully saturated rings. The molecule has 0 unspecified atom stereocenters. The van der Waals surface area contributed by atoms with Gasteiger partial charge in [0.25, 0.3) is 5.56 Å². The van der Waals surface area contributed by atoms with Crippen molar-refractivity contribution in [3.63, 3.8) is 0 Å². The van der Waals surface area contributed by atoms with Crippen molar-refractivity contribution >= 4 is 45.5 Å². The number of hydrogen-bond donors (Lipinski definition) is 1. The summed E-state index contributed by atoms with van der Waals surface area (Å²) in [5.74, 6) is 0.675. The fourth-order valence-electron chi connectivity index (χ4n) is 1.32. The number of hydrogen-bond acceptors (Lipinski definition) is 4. The van der Waals surface area contributed by atoms with E-state index in [9.17, 15) is 4.79 Å². The van der Waals surface area contributed by atoms with Gasteiger partial charge < -0.3 is 4.98 Å². The Bertz CT molecular complexity index is 608. The normalized spacial score (nSPS) is 11.1. The highest BCUT2D eigenvalue weighted by Gasteiger charge is 2.14. The van der Waals surface area contributed by atoms with E-state index in [1.807, 2.05) is 36.4 Å². The van der Waals surface area contributed by atoms with Crippen molar-refractivity contribution in [2.45, 2.75) is 19.8 Å². The molecule has 0 atom stereocenters. The zero-order valence-corrected chi connectivity index (χ0v) is 12.9. The molecule has 90 valence electrons. The molecular formula is C10H9ClIN3OS. The number of aromatic amines is 1. The van der Waals surface area contributed by atoms with Crippen LogP contribution in [-0.2, 0) is 0 Å². The maximum Gasteiger partial charge on any atom is 0.264 e. The van der Waals surface area contributed by atoms with Gasteiger partial charge in [-0.25, -0.2) is 9.97 Å².